The van der Waals surface area contributed by atoms with Crippen LogP contribution in [0.5, 0.6) is 0 Å². The van der Waals surface area contributed by atoms with Crippen LogP contribution >= 0.6 is 23.4 Å². The Morgan fingerprint density at radius 1 is 1.22 bits per heavy atom. The van der Waals surface area contributed by atoms with Gasteiger partial charge in [0.1, 0.15) is 0 Å². The van der Waals surface area contributed by atoms with E-state index >= 15 is 0 Å². The normalized spacial score (nSPS) is 15.4. The minimum absolute atomic E-state index is 0.0205. The first kappa shape index (κ1) is 15.8. The summed E-state index contributed by atoms with van der Waals surface area (Å²) < 4.78 is 0. The Hall–Kier alpha value is -2.04. The largest absolute Gasteiger partial charge is 0.326 e. The zero-order valence-electron chi connectivity index (χ0n) is 12.4. The van der Waals surface area contributed by atoms with Crippen molar-refractivity contribution in [2.45, 2.75) is 11.8 Å². The number of nitrogens with one attached hydrogen (secondary N) is 1. The van der Waals surface area contributed by atoms with Crippen LogP contribution in [0.4, 0.5) is 5.69 Å². The fraction of sp³-hybridized carbons (Fsp3) is 0.111. The van der Waals surface area contributed by atoms with Gasteiger partial charge in [0.15, 0.2) is 5.78 Å². The molecule has 116 valence electrons. The van der Waals surface area contributed by atoms with Crippen molar-refractivity contribution in [2.24, 2.45) is 0 Å². The molecule has 0 radical (unpaired) electrons. The molecule has 2 aromatic rings. The van der Waals surface area contributed by atoms with Crippen LogP contribution in [-0.2, 0) is 4.79 Å². The van der Waals surface area contributed by atoms with Gasteiger partial charge >= 0.3 is 0 Å². The molecular formula is C18H14ClNO2S. The zero-order chi connectivity index (χ0) is 16.4. The molecule has 0 bridgehead atoms. The summed E-state index contributed by atoms with van der Waals surface area (Å²) in [6.07, 6.45) is 1.89. The Morgan fingerprint density at radius 3 is 2.65 bits per heavy atom. The van der Waals surface area contributed by atoms with Crippen LogP contribution < -0.4 is 5.32 Å². The Kier molecular flexibility index (Phi) is 4.55. The second-order valence-electron chi connectivity index (χ2n) is 5.23. The molecule has 0 fully saturated rings. The molecule has 0 atom stereocenters. The number of halogens is 1. The number of Topliss-reactive ketones (excluding diaryl/α,β-unsaturated/α-hetero) is 1. The molecule has 0 saturated carbocycles. The van der Waals surface area contributed by atoms with Gasteiger partial charge in [0.25, 0.3) is 0 Å². The molecule has 1 aliphatic rings. The van der Waals surface area contributed by atoms with Crippen LogP contribution in [-0.4, -0.2) is 17.4 Å². The third kappa shape index (κ3) is 3.66. The number of carbonyl (C=O) groups excluding carboxylic acids is 2. The summed E-state index contributed by atoms with van der Waals surface area (Å²) in [5.74, 6) is 0.552. The van der Waals surface area contributed by atoms with Crippen LogP contribution in [0, 0.1) is 0 Å². The summed E-state index contributed by atoms with van der Waals surface area (Å²) >= 11 is 7.63. The van der Waals surface area contributed by atoms with Gasteiger partial charge in [-0.15, -0.1) is 11.8 Å². The van der Waals surface area contributed by atoms with E-state index in [2.05, 4.69) is 5.32 Å². The van der Waals surface area contributed by atoms with Crippen LogP contribution in [0.25, 0.3) is 6.08 Å². The van der Waals surface area contributed by atoms with E-state index in [0.717, 1.165) is 21.7 Å². The average Bonchev–Trinajstić information content (AvgIpc) is 2.52. The first-order chi connectivity index (χ1) is 11.0. The van der Waals surface area contributed by atoms with Gasteiger partial charge in [-0.3, -0.25) is 9.59 Å². The highest BCUT2D eigenvalue weighted by Gasteiger charge is 2.22. The van der Waals surface area contributed by atoms with E-state index in [0.29, 0.717) is 16.3 Å². The van der Waals surface area contributed by atoms with Crippen LogP contribution in [0.15, 0.2) is 52.9 Å². The molecule has 0 unspecified atom stereocenters. The summed E-state index contributed by atoms with van der Waals surface area (Å²) in [6, 6.07) is 12.8. The van der Waals surface area contributed by atoms with Crippen LogP contribution in [0.2, 0.25) is 5.02 Å². The van der Waals surface area contributed by atoms with Crippen molar-refractivity contribution < 1.29 is 9.59 Å². The predicted molar refractivity (Wildman–Crippen MR) is 95.2 cm³/mol. The van der Waals surface area contributed by atoms with Gasteiger partial charge in [0, 0.05) is 39.4 Å². The summed E-state index contributed by atoms with van der Waals surface area (Å²) in [5, 5.41) is 3.29. The van der Waals surface area contributed by atoms with Gasteiger partial charge < -0.3 is 5.32 Å². The van der Waals surface area contributed by atoms with Crippen molar-refractivity contribution in [1.82, 2.24) is 0 Å². The Labute approximate surface area is 143 Å². The maximum atomic E-state index is 12.6. The van der Waals surface area contributed by atoms with E-state index in [1.807, 2.05) is 36.4 Å². The number of rotatable bonds is 2. The second-order valence-corrected chi connectivity index (χ2v) is 6.68. The quantitative estimate of drug-likeness (QED) is 0.806. The number of benzene rings is 2. The van der Waals surface area contributed by atoms with Crippen molar-refractivity contribution in [1.29, 1.82) is 0 Å². The first-order valence-corrected chi connectivity index (χ1v) is 8.44. The van der Waals surface area contributed by atoms with E-state index in [9.17, 15) is 9.59 Å². The van der Waals surface area contributed by atoms with E-state index in [1.54, 1.807) is 23.9 Å². The monoisotopic (exact) mass is 343 g/mol. The van der Waals surface area contributed by atoms with Crippen molar-refractivity contribution >= 4 is 46.8 Å². The number of amides is 1. The van der Waals surface area contributed by atoms with E-state index in [-0.39, 0.29) is 11.7 Å². The second kappa shape index (κ2) is 6.60. The van der Waals surface area contributed by atoms with E-state index < -0.39 is 0 Å². The highest BCUT2D eigenvalue weighted by Crippen LogP contribution is 2.34. The zero-order valence-corrected chi connectivity index (χ0v) is 14.0. The minimum atomic E-state index is -0.108. The van der Waals surface area contributed by atoms with E-state index in [1.165, 1.54) is 6.92 Å². The van der Waals surface area contributed by atoms with Crippen LogP contribution in [0.1, 0.15) is 22.8 Å². The Balaban J connectivity index is 1.86. The maximum Gasteiger partial charge on any atom is 0.221 e. The molecular weight excluding hydrogens is 330 g/mol. The smallest absolute Gasteiger partial charge is 0.221 e. The minimum Gasteiger partial charge on any atom is -0.326 e. The van der Waals surface area contributed by atoms with Gasteiger partial charge in [0.05, 0.1) is 0 Å². The van der Waals surface area contributed by atoms with Gasteiger partial charge in [-0.05, 0) is 42.0 Å². The molecule has 1 aliphatic heterocycles. The first-order valence-electron chi connectivity index (χ1n) is 7.08. The maximum absolute atomic E-state index is 12.6. The highest BCUT2D eigenvalue weighted by molar-refractivity contribution is 7.99. The molecule has 1 amide bonds. The van der Waals surface area contributed by atoms with Gasteiger partial charge in [-0.2, -0.15) is 0 Å². The molecule has 1 N–H and O–H groups in total. The highest BCUT2D eigenvalue weighted by atomic mass is 35.5. The third-order valence-electron chi connectivity index (χ3n) is 3.43. The number of carbonyl (C=O) groups is 2. The van der Waals surface area contributed by atoms with Gasteiger partial charge in [-0.25, -0.2) is 0 Å². The van der Waals surface area contributed by atoms with Crippen molar-refractivity contribution in [3.63, 3.8) is 0 Å². The standard InChI is InChI=1S/C18H14ClNO2S/c1-11(21)20-15-5-2-12(3-6-15)8-13-10-23-17-7-4-14(19)9-16(17)18(13)22/h2-9H,10H2,1H3,(H,20,21)/b13-8-. The molecule has 3 rings (SSSR count). The van der Waals surface area contributed by atoms with Gasteiger partial charge in [-0.1, -0.05) is 23.7 Å². The average molecular weight is 344 g/mol. The number of fused-ring (bicyclic) bond motifs is 1. The van der Waals surface area contributed by atoms with Crippen molar-refractivity contribution in [2.75, 3.05) is 11.1 Å². The van der Waals surface area contributed by atoms with E-state index in [4.69, 9.17) is 11.6 Å². The molecule has 1 heterocycles. The Bertz CT molecular complexity index is 812. The summed E-state index contributed by atoms with van der Waals surface area (Å²) in [4.78, 5) is 24.6. The number of hydrogen-bond donors (Lipinski definition) is 1. The molecule has 0 spiro atoms. The fourth-order valence-corrected chi connectivity index (χ4v) is 3.54. The predicted octanol–water partition coefficient (Wildman–Crippen LogP) is 4.67. The third-order valence-corrected chi connectivity index (χ3v) is 4.79. The topological polar surface area (TPSA) is 46.2 Å². The molecule has 23 heavy (non-hydrogen) atoms. The summed E-state index contributed by atoms with van der Waals surface area (Å²) in [6.45, 7) is 1.47. The molecule has 2 aromatic carbocycles. The summed E-state index contributed by atoms with van der Waals surface area (Å²) in [5.41, 5.74) is 3.07. The molecule has 5 heteroatoms. The Morgan fingerprint density at radius 2 is 1.96 bits per heavy atom. The number of ketones is 1. The summed E-state index contributed by atoms with van der Waals surface area (Å²) in [7, 11) is 0. The lowest BCUT2D eigenvalue weighted by Gasteiger charge is -2.17. The SMILES string of the molecule is CC(=O)Nc1ccc(/C=C2/CSc3ccc(Cl)cc3C2=O)cc1. The van der Waals surface area contributed by atoms with Crippen molar-refractivity contribution in [3.8, 4) is 0 Å². The number of thioether (sulfide) groups is 1. The fourth-order valence-electron chi connectivity index (χ4n) is 2.37. The lowest BCUT2D eigenvalue weighted by Crippen LogP contribution is -2.12. The molecule has 0 aliphatic carbocycles. The molecule has 0 aromatic heterocycles. The molecule has 3 nitrogen and oxygen atoms in total. The van der Waals surface area contributed by atoms with Crippen LogP contribution in [0.3, 0.4) is 0 Å². The molecule has 0 saturated heterocycles. The number of hydrogen-bond acceptors (Lipinski definition) is 3. The number of anilines is 1. The lowest BCUT2D eigenvalue weighted by molar-refractivity contribution is -0.114. The lowest BCUT2D eigenvalue weighted by atomic mass is 10.0. The van der Waals surface area contributed by atoms with Crippen molar-refractivity contribution in [3.05, 3.63) is 64.2 Å². The van der Waals surface area contributed by atoms with Gasteiger partial charge in [0.2, 0.25) is 5.91 Å².